The summed E-state index contributed by atoms with van der Waals surface area (Å²) in [6.07, 6.45) is 4.16. The zero-order valence-corrected chi connectivity index (χ0v) is 24.9. The van der Waals surface area contributed by atoms with Gasteiger partial charge in [0.2, 0.25) is 0 Å². The van der Waals surface area contributed by atoms with E-state index in [0.29, 0.717) is 43.4 Å². The Bertz CT molecular complexity index is 1660. The standard InChI is InChI=1S/C30H34ClN5O4S/c1-29(2,3)18-8-26(39)36(34-13-18)15-21-11-24-28(41-21)22(4-5-32-24)23-9-19(31)10-25-27(23)35(6-7-40-25)20-12-30(16-37,17-38)33-14-20/h4-5,8-11,13,20,33,37-38H,6-7,12,14-17H2,1-3H3/t20-/m0/s1. The smallest absolute Gasteiger partial charge is 0.267 e. The normalized spacial score (nSPS) is 18.5. The number of ether oxygens (including phenoxy) is 1. The second kappa shape index (κ2) is 10.7. The molecule has 2 aliphatic rings. The van der Waals surface area contributed by atoms with Crippen LogP contribution in [0.5, 0.6) is 5.75 Å². The highest BCUT2D eigenvalue weighted by molar-refractivity contribution is 7.19. The van der Waals surface area contributed by atoms with Gasteiger partial charge < -0.3 is 25.2 Å². The average Bonchev–Trinajstić information content (AvgIpc) is 3.57. The third kappa shape index (κ3) is 5.23. The first-order valence-electron chi connectivity index (χ1n) is 13.8. The lowest BCUT2D eigenvalue weighted by Gasteiger charge is -2.38. The number of nitrogens with one attached hydrogen (secondary N) is 1. The van der Waals surface area contributed by atoms with Crippen molar-refractivity contribution in [2.24, 2.45) is 0 Å². The van der Waals surface area contributed by atoms with Crippen LogP contribution in [0.1, 0.15) is 37.6 Å². The summed E-state index contributed by atoms with van der Waals surface area (Å²) in [4.78, 5) is 20.8. The molecule has 1 fully saturated rings. The Hall–Kier alpha value is -3.02. The molecule has 5 heterocycles. The molecule has 216 valence electrons. The molecule has 1 atom stereocenters. The molecule has 3 N–H and O–H groups in total. The zero-order valence-electron chi connectivity index (χ0n) is 23.4. The van der Waals surface area contributed by atoms with E-state index in [4.69, 9.17) is 16.3 Å². The second-order valence-corrected chi connectivity index (χ2v) is 13.5. The summed E-state index contributed by atoms with van der Waals surface area (Å²) < 4.78 is 8.57. The number of thiophene rings is 1. The largest absolute Gasteiger partial charge is 0.489 e. The van der Waals surface area contributed by atoms with Crippen molar-refractivity contribution in [3.63, 3.8) is 0 Å². The zero-order chi connectivity index (χ0) is 28.9. The van der Waals surface area contributed by atoms with E-state index < -0.39 is 5.54 Å². The van der Waals surface area contributed by atoms with E-state index in [-0.39, 0.29) is 30.2 Å². The van der Waals surface area contributed by atoms with Crippen LogP contribution >= 0.6 is 22.9 Å². The van der Waals surface area contributed by atoms with E-state index >= 15 is 0 Å². The predicted molar refractivity (Wildman–Crippen MR) is 163 cm³/mol. The number of aliphatic hydroxyl groups is 2. The van der Waals surface area contributed by atoms with Crippen molar-refractivity contribution >= 4 is 38.8 Å². The maximum absolute atomic E-state index is 12.9. The van der Waals surface area contributed by atoms with Crippen LogP contribution in [-0.4, -0.2) is 69.5 Å². The van der Waals surface area contributed by atoms with Gasteiger partial charge in [-0.05, 0) is 35.6 Å². The van der Waals surface area contributed by atoms with Gasteiger partial charge in [0, 0.05) is 51.9 Å². The Labute approximate surface area is 247 Å². The molecule has 0 saturated carbocycles. The maximum Gasteiger partial charge on any atom is 0.267 e. The molecule has 41 heavy (non-hydrogen) atoms. The van der Waals surface area contributed by atoms with E-state index in [9.17, 15) is 15.0 Å². The summed E-state index contributed by atoms with van der Waals surface area (Å²) in [6.45, 7) is 8.09. The lowest BCUT2D eigenvalue weighted by Crippen LogP contribution is -2.47. The molecule has 3 aromatic heterocycles. The van der Waals surface area contributed by atoms with Crippen molar-refractivity contribution in [3.8, 4) is 16.9 Å². The van der Waals surface area contributed by atoms with Crippen LogP contribution < -0.4 is 20.5 Å². The van der Waals surface area contributed by atoms with Crippen molar-refractivity contribution in [2.45, 2.75) is 50.7 Å². The van der Waals surface area contributed by atoms with Gasteiger partial charge in [0.25, 0.3) is 5.56 Å². The molecule has 1 saturated heterocycles. The Morgan fingerprint density at radius 2 is 2.00 bits per heavy atom. The predicted octanol–water partition coefficient (Wildman–Crippen LogP) is 3.80. The quantitative estimate of drug-likeness (QED) is 0.309. The highest BCUT2D eigenvalue weighted by Crippen LogP contribution is 2.47. The van der Waals surface area contributed by atoms with Crippen LogP contribution in [0.15, 0.2) is 47.5 Å². The summed E-state index contributed by atoms with van der Waals surface area (Å²) >= 11 is 8.21. The van der Waals surface area contributed by atoms with Crippen molar-refractivity contribution < 1.29 is 14.9 Å². The fraction of sp³-hybridized carbons (Fsp3) is 0.433. The molecular formula is C30H34ClN5O4S. The van der Waals surface area contributed by atoms with Crippen LogP contribution in [0.3, 0.4) is 0 Å². The average molecular weight is 596 g/mol. The minimum Gasteiger partial charge on any atom is -0.489 e. The van der Waals surface area contributed by atoms with Gasteiger partial charge in [0.1, 0.15) is 12.4 Å². The van der Waals surface area contributed by atoms with Gasteiger partial charge in [-0.3, -0.25) is 9.78 Å². The second-order valence-electron chi connectivity index (χ2n) is 12.0. The summed E-state index contributed by atoms with van der Waals surface area (Å²) in [5.41, 5.74) is 3.60. The maximum atomic E-state index is 12.9. The van der Waals surface area contributed by atoms with Gasteiger partial charge in [-0.2, -0.15) is 5.10 Å². The highest BCUT2D eigenvalue weighted by atomic mass is 35.5. The number of hydrogen-bond donors (Lipinski definition) is 3. The Kier molecular flexibility index (Phi) is 7.32. The van der Waals surface area contributed by atoms with E-state index in [1.807, 2.05) is 24.3 Å². The van der Waals surface area contributed by atoms with Gasteiger partial charge in [-0.25, -0.2) is 4.68 Å². The highest BCUT2D eigenvalue weighted by Gasteiger charge is 2.42. The molecule has 0 bridgehead atoms. The minimum absolute atomic E-state index is 0.0575. The summed E-state index contributed by atoms with van der Waals surface area (Å²) in [6, 6.07) is 9.53. The van der Waals surface area contributed by atoms with Crippen LogP contribution in [0.2, 0.25) is 5.02 Å². The molecule has 4 aromatic rings. The van der Waals surface area contributed by atoms with Gasteiger partial charge in [-0.1, -0.05) is 32.4 Å². The van der Waals surface area contributed by atoms with Gasteiger partial charge >= 0.3 is 0 Å². The number of aromatic nitrogens is 3. The lowest BCUT2D eigenvalue weighted by atomic mass is 9.89. The number of hydrogen-bond acceptors (Lipinski definition) is 9. The molecule has 9 nitrogen and oxygen atoms in total. The third-order valence-corrected chi connectivity index (χ3v) is 9.46. The fourth-order valence-corrected chi connectivity index (χ4v) is 7.08. The third-order valence-electron chi connectivity index (χ3n) is 8.10. The SMILES string of the molecule is CC(C)(C)c1cnn(Cc2cc3nccc(-c4cc(Cl)cc5c4N([C@@H]4CNC(CO)(CO)C4)CCO5)c3s2)c(=O)c1. The monoisotopic (exact) mass is 595 g/mol. The molecule has 0 aliphatic carbocycles. The summed E-state index contributed by atoms with van der Waals surface area (Å²) in [5, 5.41) is 28.3. The number of anilines is 1. The van der Waals surface area contributed by atoms with Gasteiger partial charge in [0.15, 0.2) is 0 Å². The first-order chi connectivity index (χ1) is 19.6. The van der Waals surface area contributed by atoms with Gasteiger partial charge in [-0.15, -0.1) is 11.3 Å². The number of pyridine rings is 1. The molecule has 0 radical (unpaired) electrons. The first-order valence-corrected chi connectivity index (χ1v) is 15.0. The molecule has 0 spiro atoms. The Balaban J connectivity index is 1.40. The molecule has 1 aromatic carbocycles. The van der Waals surface area contributed by atoms with E-state index in [0.717, 1.165) is 37.5 Å². The minimum atomic E-state index is -0.709. The molecule has 11 heteroatoms. The van der Waals surface area contributed by atoms with Crippen LogP contribution in [-0.2, 0) is 12.0 Å². The van der Waals surface area contributed by atoms with E-state index in [2.05, 4.69) is 41.1 Å². The summed E-state index contributed by atoms with van der Waals surface area (Å²) in [7, 11) is 0. The lowest BCUT2D eigenvalue weighted by molar-refractivity contribution is 0.105. The van der Waals surface area contributed by atoms with Crippen LogP contribution in [0.4, 0.5) is 5.69 Å². The molecule has 2 aliphatic heterocycles. The number of halogens is 1. The van der Waals surface area contributed by atoms with Crippen LogP contribution in [0, 0.1) is 0 Å². The fourth-order valence-electron chi connectivity index (χ4n) is 5.75. The van der Waals surface area contributed by atoms with Crippen molar-refractivity contribution in [2.75, 3.05) is 37.8 Å². The number of benzene rings is 1. The molecular weight excluding hydrogens is 562 g/mol. The topological polar surface area (TPSA) is 113 Å². The Morgan fingerprint density at radius 3 is 2.71 bits per heavy atom. The van der Waals surface area contributed by atoms with Crippen molar-refractivity contribution in [3.05, 3.63) is 68.5 Å². The van der Waals surface area contributed by atoms with Gasteiger partial charge in [0.05, 0.1) is 53.9 Å². The number of rotatable bonds is 6. The van der Waals surface area contributed by atoms with Crippen molar-refractivity contribution in [1.82, 2.24) is 20.1 Å². The van der Waals surface area contributed by atoms with Crippen molar-refractivity contribution in [1.29, 1.82) is 0 Å². The molecule has 6 rings (SSSR count). The molecule has 0 unspecified atom stereocenters. The first kappa shape index (κ1) is 28.1. The van der Waals surface area contributed by atoms with E-state index in [1.165, 1.54) is 4.68 Å². The number of nitrogens with zero attached hydrogens (tertiary/aromatic N) is 4. The number of fused-ring (bicyclic) bond motifs is 2. The molecule has 0 amide bonds. The summed E-state index contributed by atoms with van der Waals surface area (Å²) in [5.74, 6) is 0.709. The van der Waals surface area contributed by atoms with E-state index in [1.54, 1.807) is 29.8 Å². The Morgan fingerprint density at radius 1 is 1.20 bits per heavy atom. The van der Waals surface area contributed by atoms with Crippen LogP contribution in [0.25, 0.3) is 21.3 Å². The number of aliphatic hydroxyl groups excluding tert-OH is 2.